The van der Waals surface area contributed by atoms with E-state index >= 15 is 0 Å². The van der Waals surface area contributed by atoms with Gasteiger partial charge in [0, 0.05) is 28.8 Å². The van der Waals surface area contributed by atoms with Crippen LogP contribution in [-0.2, 0) is 6.42 Å². The summed E-state index contributed by atoms with van der Waals surface area (Å²) in [4.78, 5) is 4.22. The average molecular weight is 287 g/mol. The highest BCUT2D eigenvalue weighted by Crippen LogP contribution is 2.34. The predicted octanol–water partition coefficient (Wildman–Crippen LogP) is 3.00. The Morgan fingerprint density at radius 1 is 1.44 bits per heavy atom. The van der Waals surface area contributed by atoms with E-state index in [2.05, 4.69) is 20.9 Å². The standard InChI is InChI=1S/C12H16BrFN2/c13-9-1-2-11(16-8-9)7-12(14)5-3-10(15)4-6-12/h1-2,8,10H,3-7,15H2. The van der Waals surface area contributed by atoms with Crippen molar-refractivity contribution in [3.05, 3.63) is 28.5 Å². The number of pyridine rings is 1. The largest absolute Gasteiger partial charge is 0.328 e. The van der Waals surface area contributed by atoms with Crippen LogP contribution in [0.5, 0.6) is 0 Å². The van der Waals surface area contributed by atoms with Gasteiger partial charge in [0.2, 0.25) is 0 Å². The number of alkyl halides is 1. The smallest absolute Gasteiger partial charge is 0.116 e. The summed E-state index contributed by atoms with van der Waals surface area (Å²) in [5.74, 6) is 0. The van der Waals surface area contributed by atoms with Gasteiger partial charge in [-0.2, -0.15) is 0 Å². The molecule has 0 radical (unpaired) electrons. The van der Waals surface area contributed by atoms with E-state index in [0.29, 0.717) is 19.3 Å². The highest BCUT2D eigenvalue weighted by Gasteiger charge is 2.34. The van der Waals surface area contributed by atoms with Gasteiger partial charge < -0.3 is 5.73 Å². The summed E-state index contributed by atoms with van der Waals surface area (Å²) in [6, 6.07) is 3.96. The molecule has 1 heterocycles. The Morgan fingerprint density at radius 2 is 2.12 bits per heavy atom. The quantitative estimate of drug-likeness (QED) is 0.908. The second-order valence-electron chi connectivity index (χ2n) is 4.63. The Hall–Kier alpha value is -0.480. The summed E-state index contributed by atoms with van der Waals surface area (Å²) >= 11 is 3.32. The lowest BCUT2D eigenvalue weighted by Gasteiger charge is -2.32. The van der Waals surface area contributed by atoms with Crippen LogP contribution < -0.4 is 5.73 Å². The first-order chi connectivity index (χ1) is 7.57. The maximum Gasteiger partial charge on any atom is 0.116 e. The summed E-state index contributed by atoms with van der Waals surface area (Å²) < 4.78 is 15.4. The molecule has 0 unspecified atom stereocenters. The molecule has 0 aromatic carbocycles. The van der Waals surface area contributed by atoms with Gasteiger partial charge in [-0.25, -0.2) is 4.39 Å². The molecule has 0 bridgehead atoms. The van der Waals surface area contributed by atoms with Gasteiger partial charge in [-0.1, -0.05) is 0 Å². The number of rotatable bonds is 2. The fourth-order valence-electron chi connectivity index (χ4n) is 2.17. The summed E-state index contributed by atoms with van der Waals surface area (Å²) in [6.45, 7) is 0. The lowest BCUT2D eigenvalue weighted by Crippen LogP contribution is -2.37. The van der Waals surface area contributed by atoms with Crippen LogP contribution in [0.15, 0.2) is 22.8 Å². The van der Waals surface area contributed by atoms with E-state index in [9.17, 15) is 4.39 Å². The number of aromatic nitrogens is 1. The van der Waals surface area contributed by atoms with Crippen LogP contribution in [0.4, 0.5) is 4.39 Å². The van der Waals surface area contributed by atoms with Crippen molar-refractivity contribution < 1.29 is 4.39 Å². The minimum atomic E-state index is -1.10. The SMILES string of the molecule is NC1CCC(F)(Cc2ccc(Br)cn2)CC1. The first kappa shape index (κ1) is 12.0. The van der Waals surface area contributed by atoms with E-state index in [1.54, 1.807) is 6.20 Å². The first-order valence-corrected chi connectivity index (χ1v) is 6.42. The second kappa shape index (κ2) is 4.80. The van der Waals surface area contributed by atoms with Crippen molar-refractivity contribution in [3.8, 4) is 0 Å². The Balaban J connectivity index is 2.00. The van der Waals surface area contributed by atoms with Crippen LogP contribution in [0.2, 0.25) is 0 Å². The second-order valence-corrected chi connectivity index (χ2v) is 5.55. The molecule has 2 rings (SSSR count). The molecule has 0 amide bonds. The van der Waals surface area contributed by atoms with Crippen molar-refractivity contribution in [2.75, 3.05) is 0 Å². The van der Waals surface area contributed by atoms with E-state index in [4.69, 9.17) is 5.73 Å². The van der Waals surface area contributed by atoms with Gasteiger partial charge in [-0.15, -0.1) is 0 Å². The molecule has 1 aliphatic carbocycles. The summed E-state index contributed by atoms with van der Waals surface area (Å²) in [5.41, 5.74) is 5.50. The Kier molecular flexibility index (Phi) is 3.60. The fourth-order valence-corrected chi connectivity index (χ4v) is 2.40. The number of hydrogen-bond acceptors (Lipinski definition) is 2. The zero-order chi connectivity index (χ0) is 11.6. The van der Waals surface area contributed by atoms with E-state index in [-0.39, 0.29) is 6.04 Å². The maximum atomic E-state index is 14.4. The van der Waals surface area contributed by atoms with Crippen LogP contribution in [0.1, 0.15) is 31.4 Å². The third-order valence-corrected chi connectivity index (χ3v) is 3.68. The fraction of sp³-hybridized carbons (Fsp3) is 0.583. The summed E-state index contributed by atoms with van der Waals surface area (Å²) in [5, 5.41) is 0. The van der Waals surface area contributed by atoms with Crippen molar-refractivity contribution >= 4 is 15.9 Å². The van der Waals surface area contributed by atoms with Gasteiger partial charge in [0.15, 0.2) is 0 Å². The minimum absolute atomic E-state index is 0.182. The number of hydrogen-bond donors (Lipinski definition) is 1. The third-order valence-electron chi connectivity index (χ3n) is 3.21. The summed E-state index contributed by atoms with van der Waals surface area (Å²) in [6.07, 6.45) is 4.82. The molecule has 1 saturated carbocycles. The Bertz CT molecular complexity index is 345. The zero-order valence-corrected chi connectivity index (χ0v) is 10.7. The molecule has 0 atom stereocenters. The normalized spacial score (nSPS) is 30.3. The third kappa shape index (κ3) is 3.01. The van der Waals surface area contributed by atoms with E-state index in [0.717, 1.165) is 23.0 Å². The molecule has 0 saturated heterocycles. The highest BCUT2D eigenvalue weighted by atomic mass is 79.9. The molecule has 4 heteroatoms. The van der Waals surface area contributed by atoms with Crippen LogP contribution in [0, 0.1) is 0 Å². The van der Waals surface area contributed by atoms with Gasteiger partial charge in [0.1, 0.15) is 5.67 Å². The minimum Gasteiger partial charge on any atom is -0.328 e. The molecule has 16 heavy (non-hydrogen) atoms. The summed E-state index contributed by atoms with van der Waals surface area (Å²) in [7, 11) is 0. The van der Waals surface area contributed by atoms with Crippen molar-refractivity contribution in [3.63, 3.8) is 0 Å². The van der Waals surface area contributed by atoms with Crippen molar-refractivity contribution in [2.24, 2.45) is 5.73 Å². The lowest BCUT2D eigenvalue weighted by molar-refractivity contribution is 0.0984. The van der Waals surface area contributed by atoms with Crippen LogP contribution in [0.3, 0.4) is 0 Å². The van der Waals surface area contributed by atoms with Gasteiger partial charge >= 0.3 is 0 Å². The van der Waals surface area contributed by atoms with E-state index in [1.165, 1.54) is 0 Å². The maximum absolute atomic E-state index is 14.4. The van der Waals surface area contributed by atoms with Crippen LogP contribution >= 0.6 is 15.9 Å². The van der Waals surface area contributed by atoms with Gasteiger partial charge in [-0.05, 0) is 53.7 Å². The van der Waals surface area contributed by atoms with Crippen molar-refractivity contribution in [1.29, 1.82) is 0 Å². The first-order valence-electron chi connectivity index (χ1n) is 5.62. The Morgan fingerprint density at radius 3 is 2.69 bits per heavy atom. The number of nitrogens with two attached hydrogens (primary N) is 1. The predicted molar refractivity (Wildman–Crippen MR) is 65.9 cm³/mol. The molecule has 0 aliphatic heterocycles. The highest BCUT2D eigenvalue weighted by molar-refractivity contribution is 9.10. The molecule has 2 nitrogen and oxygen atoms in total. The van der Waals surface area contributed by atoms with E-state index < -0.39 is 5.67 Å². The molecule has 1 aromatic heterocycles. The Labute approximate surface area is 104 Å². The van der Waals surface area contributed by atoms with Gasteiger partial charge in [-0.3, -0.25) is 4.98 Å². The molecule has 1 aromatic rings. The average Bonchev–Trinajstić information content (AvgIpc) is 2.27. The monoisotopic (exact) mass is 286 g/mol. The van der Waals surface area contributed by atoms with E-state index in [1.807, 2.05) is 12.1 Å². The molecular weight excluding hydrogens is 271 g/mol. The topological polar surface area (TPSA) is 38.9 Å². The van der Waals surface area contributed by atoms with Gasteiger partial charge in [0.05, 0.1) is 0 Å². The molecule has 1 aliphatic rings. The molecular formula is C12H16BrFN2. The van der Waals surface area contributed by atoms with Crippen molar-refractivity contribution in [2.45, 2.75) is 43.8 Å². The number of halogens is 2. The lowest BCUT2D eigenvalue weighted by atomic mass is 9.81. The molecule has 2 N–H and O–H groups in total. The molecule has 88 valence electrons. The van der Waals surface area contributed by atoms with Crippen molar-refractivity contribution in [1.82, 2.24) is 4.98 Å². The van der Waals surface area contributed by atoms with Crippen LogP contribution in [-0.4, -0.2) is 16.7 Å². The molecule has 1 fully saturated rings. The zero-order valence-electron chi connectivity index (χ0n) is 9.13. The number of nitrogens with zero attached hydrogens (tertiary/aromatic N) is 1. The van der Waals surface area contributed by atoms with Crippen LogP contribution in [0.25, 0.3) is 0 Å². The van der Waals surface area contributed by atoms with Gasteiger partial charge in [0.25, 0.3) is 0 Å². The molecule has 0 spiro atoms.